The van der Waals surface area contributed by atoms with Crippen LogP contribution in [0.3, 0.4) is 0 Å². The zero-order valence-electron chi connectivity index (χ0n) is 14.0. The molecule has 20 heavy (non-hydrogen) atoms. The lowest BCUT2D eigenvalue weighted by molar-refractivity contribution is -0.119. The molecule has 116 valence electrons. The number of unbranched alkanes of at least 4 members (excludes halogenated alkanes) is 1. The van der Waals surface area contributed by atoms with Gasteiger partial charge in [0.25, 0.3) is 0 Å². The van der Waals surface area contributed by atoms with Crippen molar-refractivity contribution in [2.75, 3.05) is 6.54 Å². The zero-order valence-corrected chi connectivity index (χ0v) is 14.0. The Morgan fingerprint density at radius 3 is 2.30 bits per heavy atom. The van der Waals surface area contributed by atoms with E-state index in [1.165, 1.54) is 38.6 Å². The van der Waals surface area contributed by atoms with Crippen molar-refractivity contribution in [3.8, 4) is 0 Å². The van der Waals surface area contributed by atoms with E-state index in [9.17, 15) is 0 Å². The van der Waals surface area contributed by atoms with Crippen LogP contribution in [0.25, 0.3) is 0 Å². The maximum absolute atomic E-state index is 3.98. The average Bonchev–Trinajstić information content (AvgIpc) is 2.35. The largest absolute Gasteiger partial charge is 0.313 e. The first-order valence-electron chi connectivity index (χ1n) is 9.32. The van der Waals surface area contributed by atoms with Gasteiger partial charge in [-0.25, -0.2) is 0 Å². The van der Waals surface area contributed by atoms with E-state index in [1.54, 1.807) is 32.1 Å². The lowest BCUT2D eigenvalue weighted by atomic mass is 9.43. The normalized spacial score (nSPS) is 44.0. The van der Waals surface area contributed by atoms with E-state index in [0.29, 0.717) is 10.8 Å². The molecule has 0 heterocycles. The fourth-order valence-electron chi connectivity index (χ4n) is 6.56. The van der Waals surface area contributed by atoms with Gasteiger partial charge >= 0.3 is 0 Å². The van der Waals surface area contributed by atoms with Gasteiger partial charge in [0.2, 0.25) is 0 Å². The minimum absolute atomic E-state index is 0.670. The van der Waals surface area contributed by atoms with Gasteiger partial charge in [0.05, 0.1) is 0 Å². The van der Waals surface area contributed by atoms with Crippen LogP contribution in [0.5, 0.6) is 0 Å². The summed E-state index contributed by atoms with van der Waals surface area (Å²) in [4.78, 5) is 0. The lowest BCUT2D eigenvalue weighted by Gasteiger charge is -2.63. The first kappa shape index (κ1) is 14.9. The second-order valence-electron chi connectivity index (χ2n) is 8.78. The molecule has 0 spiro atoms. The molecule has 4 bridgehead atoms. The molecule has 0 amide bonds. The Morgan fingerprint density at radius 1 is 1.05 bits per heavy atom. The molecule has 0 aromatic carbocycles. The van der Waals surface area contributed by atoms with Crippen LogP contribution >= 0.6 is 0 Å². The molecule has 4 aliphatic carbocycles. The van der Waals surface area contributed by atoms with E-state index in [4.69, 9.17) is 0 Å². The third-order valence-electron chi connectivity index (χ3n) is 6.63. The van der Waals surface area contributed by atoms with Crippen molar-refractivity contribution >= 4 is 0 Å². The topological polar surface area (TPSA) is 12.0 Å². The third kappa shape index (κ3) is 2.67. The van der Waals surface area contributed by atoms with Gasteiger partial charge in [0.1, 0.15) is 0 Å². The maximum atomic E-state index is 3.98. The van der Waals surface area contributed by atoms with Gasteiger partial charge in [0, 0.05) is 6.04 Å². The van der Waals surface area contributed by atoms with Crippen molar-refractivity contribution in [3.05, 3.63) is 0 Å². The van der Waals surface area contributed by atoms with Crippen LogP contribution in [0.4, 0.5) is 0 Å². The predicted octanol–water partition coefficient (Wildman–Crippen LogP) is 5.15. The molecule has 1 heteroatoms. The van der Waals surface area contributed by atoms with E-state index in [0.717, 1.165) is 17.9 Å². The Balaban J connectivity index is 1.77. The van der Waals surface area contributed by atoms with E-state index in [2.05, 4.69) is 26.1 Å². The van der Waals surface area contributed by atoms with Crippen LogP contribution < -0.4 is 5.32 Å². The summed E-state index contributed by atoms with van der Waals surface area (Å²) >= 11 is 0. The summed E-state index contributed by atoms with van der Waals surface area (Å²) < 4.78 is 0. The second kappa shape index (κ2) is 5.63. The molecular weight excluding hydrogens is 242 g/mol. The molecule has 1 nitrogen and oxygen atoms in total. The van der Waals surface area contributed by atoms with Crippen molar-refractivity contribution < 1.29 is 0 Å². The number of rotatable bonds is 7. The fourth-order valence-corrected chi connectivity index (χ4v) is 6.56. The Labute approximate surface area is 126 Å². The van der Waals surface area contributed by atoms with E-state index < -0.39 is 0 Å². The first-order valence-corrected chi connectivity index (χ1v) is 9.32. The van der Waals surface area contributed by atoms with Gasteiger partial charge in [-0.2, -0.15) is 0 Å². The van der Waals surface area contributed by atoms with Crippen LogP contribution in [-0.2, 0) is 0 Å². The monoisotopic (exact) mass is 277 g/mol. The van der Waals surface area contributed by atoms with E-state index >= 15 is 0 Å². The molecule has 1 N–H and O–H groups in total. The summed E-state index contributed by atoms with van der Waals surface area (Å²) in [5.74, 6) is 2.13. The quantitative estimate of drug-likeness (QED) is 0.678. The standard InChI is InChI=1S/C19H35N/c1-4-6-7-17(20-8-5-2)19-12-15-9-16(13-19)11-18(3,10-15)14-19/h15-17,20H,4-14H2,1-3H3. The molecule has 4 aliphatic rings. The zero-order chi connectivity index (χ0) is 14.2. The highest BCUT2D eigenvalue weighted by atomic mass is 14.9. The summed E-state index contributed by atoms with van der Waals surface area (Å²) in [5, 5.41) is 3.98. The molecule has 0 aromatic heterocycles. The molecule has 0 aliphatic heterocycles. The molecule has 0 radical (unpaired) electrons. The van der Waals surface area contributed by atoms with Crippen LogP contribution in [0.15, 0.2) is 0 Å². The summed E-state index contributed by atoms with van der Waals surface area (Å²) in [7, 11) is 0. The van der Waals surface area contributed by atoms with Crippen LogP contribution in [0, 0.1) is 22.7 Å². The minimum Gasteiger partial charge on any atom is -0.313 e. The fraction of sp³-hybridized carbons (Fsp3) is 1.00. The molecule has 0 aromatic rings. The first-order chi connectivity index (χ1) is 9.59. The van der Waals surface area contributed by atoms with Crippen molar-refractivity contribution in [3.63, 3.8) is 0 Å². The van der Waals surface area contributed by atoms with Crippen LogP contribution in [0.2, 0.25) is 0 Å². The number of hydrogen-bond donors (Lipinski definition) is 1. The molecule has 3 unspecified atom stereocenters. The Kier molecular flexibility index (Phi) is 4.19. The average molecular weight is 277 g/mol. The highest BCUT2D eigenvalue weighted by Gasteiger charge is 2.57. The van der Waals surface area contributed by atoms with Gasteiger partial charge in [-0.15, -0.1) is 0 Å². The van der Waals surface area contributed by atoms with Gasteiger partial charge in [0.15, 0.2) is 0 Å². The summed E-state index contributed by atoms with van der Waals surface area (Å²) in [5.41, 5.74) is 1.37. The van der Waals surface area contributed by atoms with E-state index in [1.807, 2.05) is 0 Å². The smallest absolute Gasteiger partial charge is 0.0124 e. The molecule has 4 fully saturated rings. The molecule has 3 atom stereocenters. The second-order valence-corrected chi connectivity index (χ2v) is 8.78. The highest BCUT2D eigenvalue weighted by Crippen LogP contribution is 2.66. The molecular formula is C19H35N. The molecule has 0 saturated heterocycles. The predicted molar refractivity (Wildman–Crippen MR) is 86.8 cm³/mol. The molecule has 4 saturated carbocycles. The van der Waals surface area contributed by atoms with Crippen molar-refractivity contribution in [2.45, 2.75) is 91.0 Å². The lowest BCUT2D eigenvalue weighted by Crippen LogP contribution is -2.58. The highest BCUT2D eigenvalue weighted by molar-refractivity contribution is 5.09. The number of nitrogens with one attached hydrogen (secondary N) is 1. The van der Waals surface area contributed by atoms with E-state index in [-0.39, 0.29) is 0 Å². The van der Waals surface area contributed by atoms with Crippen molar-refractivity contribution in [1.29, 1.82) is 0 Å². The van der Waals surface area contributed by atoms with Gasteiger partial charge in [-0.3, -0.25) is 0 Å². The van der Waals surface area contributed by atoms with Crippen molar-refractivity contribution in [2.24, 2.45) is 22.7 Å². The minimum atomic E-state index is 0.670. The van der Waals surface area contributed by atoms with Gasteiger partial charge < -0.3 is 5.32 Å². The van der Waals surface area contributed by atoms with Crippen LogP contribution in [-0.4, -0.2) is 12.6 Å². The number of hydrogen-bond acceptors (Lipinski definition) is 1. The third-order valence-corrected chi connectivity index (χ3v) is 6.63. The van der Waals surface area contributed by atoms with Crippen molar-refractivity contribution in [1.82, 2.24) is 5.32 Å². The van der Waals surface area contributed by atoms with Gasteiger partial charge in [-0.1, -0.05) is 33.6 Å². The van der Waals surface area contributed by atoms with Gasteiger partial charge in [-0.05, 0) is 80.6 Å². The Bertz CT molecular complexity index is 313. The summed E-state index contributed by atoms with van der Waals surface area (Å²) in [6.07, 6.45) is 14.7. The summed E-state index contributed by atoms with van der Waals surface area (Å²) in [6, 6.07) is 0.813. The maximum Gasteiger partial charge on any atom is 0.0124 e. The van der Waals surface area contributed by atoms with Crippen LogP contribution in [0.1, 0.15) is 85.0 Å². The summed E-state index contributed by atoms with van der Waals surface area (Å²) in [6.45, 7) is 8.49. The Hall–Kier alpha value is -0.0400. The SMILES string of the molecule is CCCCC(NCCC)C12CC3CC(CC(C)(C3)C1)C2. The molecule has 4 rings (SSSR count). The Morgan fingerprint density at radius 2 is 1.75 bits per heavy atom.